The highest BCUT2D eigenvalue weighted by atomic mass is 79.9. The lowest BCUT2D eigenvalue weighted by Gasteiger charge is -2.14. The molecule has 0 aromatic heterocycles. The first-order valence-corrected chi connectivity index (χ1v) is 8.45. The van der Waals surface area contributed by atoms with Gasteiger partial charge in [-0.1, -0.05) is 73.8 Å². The Morgan fingerprint density at radius 3 is 1.79 bits per heavy atom. The van der Waals surface area contributed by atoms with Crippen molar-refractivity contribution in [2.75, 3.05) is 5.33 Å². The van der Waals surface area contributed by atoms with Gasteiger partial charge < -0.3 is 0 Å². The third-order valence-corrected chi connectivity index (χ3v) is 4.75. The molecule has 2 rings (SSSR count). The molecule has 0 heterocycles. The molecule has 0 fully saturated rings. The Morgan fingerprint density at radius 1 is 0.842 bits per heavy atom. The number of hydrogen-bond donors (Lipinski definition) is 0. The monoisotopic (exact) mass is 380 g/mol. The van der Waals surface area contributed by atoms with Gasteiger partial charge in [-0.2, -0.15) is 0 Å². The molecule has 0 aliphatic heterocycles. The summed E-state index contributed by atoms with van der Waals surface area (Å²) in [6.07, 6.45) is 2.24. The Kier molecular flexibility index (Phi) is 5.65. The van der Waals surface area contributed by atoms with Crippen LogP contribution >= 0.6 is 31.9 Å². The maximum Gasteiger partial charge on any atom is 0.0175 e. The van der Waals surface area contributed by atoms with Crippen LogP contribution in [0, 0.1) is 12.8 Å². The SMILES string of the molecule is Cc1ccc(CC(CBr)Cc2ccc(Br)cc2)cc1. The van der Waals surface area contributed by atoms with Crippen LogP contribution < -0.4 is 0 Å². The minimum absolute atomic E-state index is 0.642. The molecule has 2 heteroatoms. The Balaban J connectivity index is 2.00. The van der Waals surface area contributed by atoms with Crippen molar-refractivity contribution in [1.82, 2.24) is 0 Å². The van der Waals surface area contributed by atoms with E-state index in [1.165, 1.54) is 16.7 Å². The van der Waals surface area contributed by atoms with E-state index in [9.17, 15) is 0 Å². The molecule has 1 unspecified atom stereocenters. The van der Waals surface area contributed by atoms with E-state index in [0.29, 0.717) is 5.92 Å². The number of alkyl halides is 1. The molecule has 0 N–H and O–H groups in total. The van der Waals surface area contributed by atoms with Gasteiger partial charge in [-0.05, 0) is 48.9 Å². The molecule has 19 heavy (non-hydrogen) atoms. The van der Waals surface area contributed by atoms with E-state index in [1.807, 2.05) is 0 Å². The summed E-state index contributed by atoms with van der Waals surface area (Å²) in [6.45, 7) is 2.13. The van der Waals surface area contributed by atoms with E-state index < -0.39 is 0 Å². The van der Waals surface area contributed by atoms with Crippen molar-refractivity contribution < 1.29 is 0 Å². The van der Waals surface area contributed by atoms with Crippen molar-refractivity contribution in [3.8, 4) is 0 Å². The zero-order valence-corrected chi connectivity index (χ0v) is 14.2. The number of benzene rings is 2. The number of hydrogen-bond acceptors (Lipinski definition) is 0. The molecule has 0 saturated heterocycles. The Labute approximate surface area is 132 Å². The minimum Gasteiger partial charge on any atom is -0.0925 e. The third-order valence-electron chi connectivity index (χ3n) is 3.30. The van der Waals surface area contributed by atoms with Crippen LogP contribution in [0.15, 0.2) is 53.0 Å². The van der Waals surface area contributed by atoms with Crippen molar-refractivity contribution in [3.63, 3.8) is 0 Å². The van der Waals surface area contributed by atoms with Gasteiger partial charge in [0.25, 0.3) is 0 Å². The van der Waals surface area contributed by atoms with Gasteiger partial charge in [0.2, 0.25) is 0 Å². The number of halogens is 2. The molecule has 0 aliphatic rings. The molecule has 0 nitrogen and oxygen atoms in total. The molecule has 0 spiro atoms. The summed E-state index contributed by atoms with van der Waals surface area (Å²) in [5.74, 6) is 0.642. The predicted molar refractivity (Wildman–Crippen MR) is 90.0 cm³/mol. The van der Waals surface area contributed by atoms with Crippen LogP contribution in [0.2, 0.25) is 0 Å². The van der Waals surface area contributed by atoms with Gasteiger partial charge in [-0.3, -0.25) is 0 Å². The van der Waals surface area contributed by atoms with Gasteiger partial charge in [0.1, 0.15) is 0 Å². The normalized spacial score (nSPS) is 12.4. The van der Waals surface area contributed by atoms with Crippen LogP contribution in [-0.2, 0) is 12.8 Å². The van der Waals surface area contributed by atoms with Gasteiger partial charge in [0.15, 0.2) is 0 Å². The fourth-order valence-corrected chi connectivity index (χ4v) is 2.91. The second-order valence-corrected chi connectivity index (χ2v) is 6.60. The lowest BCUT2D eigenvalue weighted by molar-refractivity contribution is 0.591. The van der Waals surface area contributed by atoms with E-state index in [1.54, 1.807) is 0 Å². The molecule has 0 saturated carbocycles. The van der Waals surface area contributed by atoms with Gasteiger partial charge >= 0.3 is 0 Å². The highest BCUT2D eigenvalue weighted by Gasteiger charge is 2.09. The summed E-state index contributed by atoms with van der Waals surface area (Å²) in [5, 5.41) is 1.04. The molecule has 0 amide bonds. The summed E-state index contributed by atoms with van der Waals surface area (Å²) < 4.78 is 1.14. The molecule has 0 aliphatic carbocycles. The van der Waals surface area contributed by atoms with Crippen molar-refractivity contribution >= 4 is 31.9 Å². The summed E-state index contributed by atoms with van der Waals surface area (Å²) in [7, 11) is 0. The van der Waals surface area contributed by atoms with Crippen LogP contribution in [-0.4, -0.2) is 5.33 Å². The van der Waals surface area contributed by atoms with E-state index in [-0.39, 0.29) is 0 Å². The standard InChI is InChI=1S/C17H18Br2/c1-13-2-4-14(5-3-13)10-16(12-18)11-15-6-8-17(19)9-7-15/h2-9,16H,10-12H2,1H3. The highest BCUT2D eigenvalue weighted by molar-refractivity contribution is 9.10. The summed E-state index contributed by atoms with van der Waals surface area (Å²) in [6, 6.07) is 17.5. The fourth-order valence-electron chi connectivity index (χ4n) is 2.19. The maximum atomic E-state index is 3.65. The lowest BCUT2D eigenvalue weighted by atomic mass is 9.94. The Bertz CT molecular complexity index is 452. The molecule has 2 aromatic rings. The molecule has 0 radical (unpaired) electrons. The lowest BCUT2D eigenvalue weighted by Crippen LogP contribution is -2.09. The quantitative estimate of drug-likeness (QED) is 0.595. The van der Waals surface area contributed by atoms with Gasteiger partial charge in [0, 0.05) is 9.80 Å². The maximum absolute atomic E-state index is 3.65. The van der Waals surface area contributed by atoms with Crippen molar-refractivity contribution in [3.05, 3.63) is 69.7 Å². The predicted octanol–water partition coefficient (Wildman–Crippen LogP) is 5.55. The average Bonchev–Trinajstić information content (AvgIpc) is 2.43. The second-order valence-electron chi connectivity index (χ2n) is 5.04. The van der Waals surface area contributed by atoms with Gasteiger partial charge in [-0.25, -0.2) is 0 Å². The van der Waals surface area contributed by atoms with E-state index >= 15 is 0 Å². The molecular weight excluding hydrogens is 364 g/mol. The zero-order chi connectivity index (χ0) is 13.7. The zero-order valence-electron chi connectivity index (χ0n) is 11.1. The first kappa shape index (κ1) is 14.8. The summed E-state index contributed by atoms with van der Waals surface area (Å²) >= 11 is 7.13. The fraction of sp³-hybridized carbons (Fsp3) is 0.294. The van der Waals surface area contributed by atoms with Crippen molar-refractivity contribution in [2.24, 2.45) is 5.92 Å². The van der Waals surface area contributed by atoms with Crippen molar-refractivity contribution in [1.29, 1.82) is 0 Å². The number of aryl methyl sites for hydroxylation is 1. The third kappa shape index (κ3) is 4.77. The van der Waals surface area contributed by atoms with Crippen LogP contribution in [0.3, 0.4) is 0 Å². The van der Waals surface area contributed by atoms with Crippen LogP contribution in [0.1, 0.15) is 16.7 Å². The molecule has 0 bridgehead atoms. The van der Waals surface area contributed by atoms with Crippen LogP contribution in [0.4, 0.5) is 0 Å². The first-order chi connectivity index (χ1) is 9.17. The number of rotatable bonds is 5. The smallest absolute Gasteiger partial charge is 0.0175 e. The minimum atomic E-state index is 0.642. The Hall–Kier alpha value is -0.600. The van der Waals surface area contributed by atoms with E-state index in [2.05, 4.69) is 87.3 Å². The highest BCUT2D eigenvalue weighted by Crippen LogP contribution is 2.19. The molecular formula is C17H18Br2. The van der Waals surface area contributed by atoms with Gasteiger partial charge in [0.05, 0.1) is 0 Å². The largest absolute Gasteiger partial charge is 0.0925 e. The van der Waals surface area contributed by atoms with Crippen molar-refractivity contribution in [2.45, 2.75) is 19.8 Å². The van der Waals surface area contributed by atoms with E-state index in [0.717, 1.165) is 22.6 Å². The Morgan fingerprint density at radius 2 is 1.32 bits per heavy atom. The van der Waals surface area contributed by atoms with Crippen LogP contribution in [0.5, 0.6) is 0 Å². The van der Waals surface area contributed by atoms with Crippen LogP contribution in [0.25, 0.3) is 0 Å². The topological polar surface area (TPSA) is 0 Å². The summed E-state index contributed by atoms with van der Waals surface area (Å²) in [4.78, 5) is 0. The van der Waals surface area contributed by atoms with E-state index in [4.69, 9.17) is 0 Å². The van der Waals surface area contributed by atoms with Gasteiger partial charge in [-0.15, -0.1) is 0 Å². The second kappa shape index (κ2) is 7.25. The molecule has 1 atom stereocenters. The summed E-state index contributed by atoms with van der Waals surface area (Å²) in [5.41, 5.74) is 4.15. The first-order valence-electron chi connectivity index (χ1n) is 6.53. The average molecular weight is 382 g/mol. The molecule has 2 aromatic carbocycles. The molecule has 100 valence electrons.